The number of amides is 1. The highest BCUT2D eigenvalue weighted by Gasteiger charge is 2.33. The van der Waals surface area contributed by atoms with Gasteiger partial charge in [0.1, 0.15) is 0 Å². The van der Waals surface area contributed by atoms with E-state index in [9.17, 15) is 9.90 Å². The Morgan fingerprint density at radius 3 is 2.73 bits per heavy atom. The Balaban J connectivity index is 1.55. The normalized spacial score (nSPS) is 25.2. The second-order valence-electron chi connectivity index (χ2n) is 6.31. The van der Waals surface area contributed by atoms with Crippen LogP contribution < -0.4 is 5.32 Å². The zero-order chi connectivity index (χ0) is 15.4. The smallest absolute Gasteiger partial charge is 0.407 e. The molecule has 1 heterocycles. The fraction of sp³-hybridized carbons (Fsp3) is 0.588. The lowest BCUT2D eigenvalue weighted by molar-refractivity contribution is -0.0223. The zero-order valence-corrected chi connectivity index (χ0v) is 12.8. The van der Waals surface area contributed by atoms with Gasteiger partial charge in [-0.25, -0.2) is 4.79 Å². The summed E-state index contributed by atoms with van der Waals surface area (Å²) in [6.07, 6.45) is 2.40. The molecule has 0 bridgehead atoms. The molecule has 1 amide bonds. The summed E-state index contributed by atoms with van der Waals surface area (Å²) in [5.41, 5.74) is 1.24. The van der Waals surface area contributed by atoms with Crippen LogP contribution in [0.25, 0.3) is 0 Å². The molecule has 1 aliphatic heterocycles. The highest BCUT2D eigenvalue weighted by molar-refractivity contribution is 5.65. The van der Waals surface area contributed by atoms with Crippen molar-refractivity contribution in [2.45, 2.75) is 38.0 Å². The molecular weight excluding hydrogens is 280 g/mol. The summed E-state index contributed by atoms with van der Waals surface area (Å²) in [4.78, 5) is 12.7. The molecule has 5 heteroatoms. The third kappa shape index (κ3) is 4.21. The standard InChI is InChI=1S/C17H24N2O3/c20-17(21)19-9-8-15(16(11-19)22-12-14-6-7-14)18-10-13-4-2-1-3-5-13/h1-5,14-16,18H,6-12H2,(H,20,21). The number of hydrogen-bond acceptors (Lipinski definition) is 3. The molecule has 3 rings (SSSR count). The van der Waals surface area contributed by atoms with Gasteiger partial charge in [-0.15, -0.1) is 0 Å². The van der Waals surface area contributed by atoms with E-state index in [4.69, 9.17) is 4.74 Å². The number of benzene rings is 1. The van der Waals surface area contributed by atoms with Crippen LogP contribution in [0.15, 0.2) is 30.3 Å². The first-order chi connectivity index (χ1) is 10.7. The van der Waals surface area contributed by atoms with Crippen molar-refractivity contribution in [3.63, 3.8) is 0 Å². The van der Waals surface area contributed by atoms with Gasteiger partial charge in [0.15, 0.2) is 0 Å². The monoisotopic (exact) mass is 304 g/mol. The lowest BCUT2D eigenvalue weighted by Gasteiger charge is -2.37. The quantitative estimate of drug-likeness (QED) is 0.847. The minimum absolute atomic E-state index is 0.0471. The lowest BCUT2D eigenvalue weighted by Crippen LogP contribution is -2.54. The van der Waals surface area contributed by atoms with Gasteiger partial charge in [-0.3, -0.25) is 0 Å². The third-order valence-corrected chi connectivity index (χ3v) is 4.48. The van der Waals surface area contributed by atoms with Gasteiger partial charge in [0.05, 0.1) is 12.6 Å². The largest absolute Gasteiger partial charge is 0.465 e. The molecule has 0 radical (unpaired) electrons. The molecule has 1 aliphatic carbocycles. The number of likely N-dealkylation sites (tertiary alicyclic amines) is 1. The van der Waals surface area contributed by atoms with Gasteiger partial charge < -0.3 is 20.1 Å². The number of rotatable bonds is 6. The lowest BCUT2D eigenvalue weighted by atomic mass is 10.0. The Morgan fingerprint density at radius 2 is 2.05 bits per heavy atom. The van der Waals surface area contributed by atoms with Crippen LogP contribution in [0.1, 0.15) is 24.8 Å². The maximum absolute atomic E-state index is 11.2. The Hall–Kier alpha value is -1.59. The highest BCUT2D eigenvalue weighted by Crippen LogP contribution is 2.30. The molecule has 5 nitrogen and oxygen atoms in total. The number of carbonyl (C=O) groups is 1. The molecule has 1 aromatic carbocycles. The first-order valence-corrected chi connectivity index (χ1v) is 8.09. The van der Waals surface area contributed by atoms with Crippen LogP contribution in [0.4, 0.5) is 4.79 Å². The summed E-state index contributed by atoms with van der Waals surface area (Å²) in [6, 6.07) is 10.5. The van der Waals surface area contributed by atoms with Crippen molar-refractivity contribution >= 4 is 6.09 Å². The van der Waals surface area contributed by atoms with Crippen molar-refractivity contribution in [2.24, 2.45) is 5.92 Å². The molecule has 22 heavy (non-hydrogen) atoms. The Labute approximate surface area is 131 Å². The number of piperidine rings is 1. The van der Waals surface area contributed by atoms with E-state index in [1.807, 2.05) is 18.2 Å². The van der Waals surface area contributed by atoms with Crippen molar-refractivity contribution in [1.82, 2.24) is 10.2 Å². The van der Waals surface area contributed by atoms with Gasteiger partial charge >= 0.3 is 6.09 Å². The molecule has 2 fully saturated rings. The van der Waals surface area contributed by atoms with Crippen molar-refractivity contribution in [2.75, 3.05) is 19.7 Å². The number of nitrogens with zero attached hydrogens (tertiary/aromatic N) is 1. The van der Waals surface area contributed by atoms with E-state index in [0.29, 0.717) is 19.0 Å². The first kappa shape index (κ1) is 15.3. The predicted octanol–water partition coefficient (Wildman–Crippen LogP) is 2.32. The topological polar surface area (TPSA) is 61.8 Å². The molecule has 1 saturated heterocycles. The second kappa shape index (κ2) is 7.11. The van der Waals surface area contributed by atoms with E-state index < -0.39 is 6.09 Å². The summed E-state index contributed by atoms with van der Waals surface area (Å²) in [7, 11) is 0. The second-order valence-corrected chi connectivity index (χ2v) is 6.31. The van der Waals surface area contributed by atoms with Crippen LogP contribution in [-0.4, -0.2) is 47.9 Å². The molecule has 0 spiro atoms. The highest BCUT2D eigenvalue weighted by atomic mass is 16.5. The van der Waals surface area contributed by atoms with Crippen LogP contribution in [0, 0.1) is 5.92 Å². The fourth-order valence-corrected chi connectivity index (χ4v) is 2.88. The number of ether oxygens (including phenoxy) is 1. The van der Waals surface area contributed by atoms with Crippen molar-refractivity contribution in [3.8, 4) is 0 Å². The summed E-state index contributed by atoms with van der Waals surface area (Å²) in [5.74, 6) is 0.690. The van der Waals surface area contributed by atoms with Crippen LogP contribution in [0.5, 0.6) is 0 Å². The molecular formula is C17H24N2O3. The van der Waals surface area contributed by atoms with E-state index in [1.54, 1.807) is 0 Å². The number of nitrogens with one attached hydrogen (secondary N) is 1. The molecule has 1 saturated carbocycles. The zero-order valence-electron chi connectivity index (χ0n) is 12.8. The third-order valence-electron chi connectivity index (χ3n) is 4.48. The van der Waals surface area contributed by atoms with Gasteiger partial charge in [0.25, 0.3) is 0 Å². The van der Waals surface area contributed by atoms with Crippen molar-refractivity contribution < 1.29 is 14.6 Å². The van der Waals surface area contributed by atoms with Crippen LogP contribution >= 0.6 is 0 Å². The molecule has 2 aliphatic rings. The van der Waals surface area contributed by atoms with E-state index in [0.717, 1.165) is 19.6 Å². The molecule has 0 aromatic heterocycles. The van der Waals surface area contributed by atoms with Gasteiger partial charge in [0.2, 0.25) is 0 Å². The SMILES string of the molecule is O=C(O)N1CCC(NCc2ccccc2)C(OCC2CC2)C1. The van der Waals surface area contributed by atoms with E-state index >= 15 is 0 Å². The summed E-state index contributed by atoms with van der Waals surface area (Å²) in [6.45, 7) is 2.60. The van der Waals surface area contributed by atoms with Gasteiger partial charge in [0, 0.05) is 25.7 Å². The van der Waals surface area contributed by atoms with Gasteiger partial charge in [-0.05, 0) is 30.7 Å². The number of hydrogen-bond donors (Lipinski definition) is 2. The Kier molecular flexibility index (Phi) is 4.95. The van der Waals surface area contributed by atoms with Gasteiger partial charge in [-0.2, -0.15) is 0 Å². The van der Waals surface area contributed by atoms with Gasteiger partial charge in [-0.1, -0.05) is 30.3 Å². The molecule has 2 unspecified atom stereocenters. The predicted molar refractivity (Wildman–Crippen MR) is 83.7 cm³/mol. The van der Waals surface area contributed by atoms with Crippen LogP contribution in [0.3, 0.4) is 0 Å². The molecule has 120 valence electrons. The average molecular weight is 304 g/mol. The fourth-order valence-electron chi connectivity index (χ4n) is 2.88. The first-order valence-electron chi connectivity index (χ1n) is 8.09. The minimum Gasteiger partial charge on any atom is -0.465 e. The van der Waals surface area contributed by atoms with E-state index in [1.165, 1.54) is 23.3 Å². The number of carboxylic acid groups (broad SMARTS) is 1. The molecule has 1 aromatic rings. The summed E-state index contributed by atoms with van der Waals surface area (Å²) >= 11 is 0. The Bertz CT molecular complexity index is 490. The van der Waals surface area contributed by atoms with Crippen molar-refractivity contribution in [1.29, 1.82) is 0 Å². The van der Waals surface area contributed by atoms with E-state index in [-0.39, 0.29) is 12.1 Å². The minimum atomic E-state index is -0.846. The van der Waals surface area contributed by atoms with Crippen LogP contribution in [-0.2, 0) is 11.3 Å². The maximum atomic E-state index is 11.2. The van der Waals surface area contributed by atoms with E-state index in [2.05, 4.69) is 17.4 Å². The maximum Gasteiger partial charge on any atom is 0.407 e. The Morgan fingerprint density at radius 1 is 1.27 bits per heavy atom. The molecule has 2 atom stereocenters. The van der Waals surface area contributed by atoms with Crippen molar-refractivity contribution in [3.05, 3.63) is 35.9 Å². The molecule has 2 N–H and O–H groups in total. The average Bonchev–Trinajstić information content (AvgIpc) is 3.36. The summed E-state index contributed by atoms with van der Waals surface area (Å²) in [5, 5.41) is 12.7. The summed E-state index contributed by atoms with van der Waals surface area (Å²) < 4.78 is 6.02. The van der Waals surface area contributed by atoms with Crippen LogP contribution in [0.2, 0.25) is 0 Å².